The first-order valence-electron chi connectivity index (χ1n) is 2.73. The van der Waals surface area contributed by atoms with Crippen LogP contribution in [0.5, 0.6) is 0 Å². The number of hydrogen-bond donors (Lipinski definition) is 0. The molecule has 2 heterocycles. The van der Waals surface area contributed by atoms with Gasteiger partial charge in [0.2, 0.25) is 0 Å². The lowest BCUT2D eigenvalue weighted by Crippen LogP contribution is -1.97. The topological polar surface area (TPSA) is 31.4 Å². The van der Waals surface area contributed by atoms with Crippen molar-refractivity contribution in [3.63, 3.8) is 0 Å². The van der Waals surface area contributed by atoms with Crippen LogP contribution >= 0.6 is 11.5 Å². The van der Waals surface area contributed by atoms with Crippen LogP contribution in [0.1, 0.15) is 5.69 Å². The minimum atomic E-state index is 0.459. The monoisotopic (exact) mass is 154 g/mol. The van der Waals surface area contributed by atoms with Gasteiger partial charge in [-0.2, -0.15) is 4.37 Å². The van der Waals surface area contributed by atoms with Crippen LogP contribution in [-0.2, 0) is 9.47 Å². The molecule has 0 spiro atoms. The van der Waals surface area contributed by atoms with Gasteiger partial charge in [0.1, 0.15) is 18.2 Å². The van der Waals surface area contributed by atoms with Crippen molar-refractivity contribution in [1.29, 1.82) is 0 Å². The molecule has 4 heteroatoms. The number of hydrogen-bond acceptors (Lipinski definition) is 4. The average Bonchev–Trinajstić information content (AvgIpc) is 2.59. The van der Waals surface area contributed by atoms with E-state index in [4.69, 9.17) is 9.47 Å². The second kappa shape index (κ2) is 2.30. The summed E-state index contributed by atoms with van der Waals surface area (Å²) in [6, 6.07) is 1.84. The van der Waals surface area contributed by atoms with Gasteiger partial charge in [-0.3, -0.25) is 0 Å². The second-order valence-corrected chi connectivity index (χ2v) is 2.35. The first kappa shape index (κ1) is 5.73. The Kier molecular flexibility index (Phi) is 1.32. The second-order valence-electron chi connectivity index (χ2n) is 1.68. The van der Waals surface area contributed by atoms with Gasteiger partial charge in [0, 0.05) is 5.38 Å². The summed E-state index contributed by atoms with van der Waals surface area (Å²) in [5.74, 6) is 0. The molecule has 2 rings (SSSR count). The van der Waals surface area contributed by atoms with Gasteiger partial charge in [-0.1, -0.05) is 0 Å². The van der Waals surface area contributed by atoms with Gasteiger partial charge in [0.05, 0.1) is 0 Å². The molecule has 0 bridgehead atoms. The summed E-state index contributed by atoms with van der Waals surface area (Å²) in [5, 5.41) is 1.87. The number of nitrogens with zero attached hydrogens (tertiary/aromatic N) is 1. The summed E-state index contributed by atoms with van der Waals surface area (Å²) < 4.78 is 13.9. The Morgan fingerprint density at radius 2 is 2.10 bits per heavy atom. The summed E-state index contributed by atoms with van der Waals surface area (Å²) in [5.41, 5.74) is 0.745. The van der Waals surface area contributed by atoms with Crippen molar-refractivity contribution < 1.29 is 9.47 Å². The Morgan fingerprint density at radius 1 is 1.30 bits per heavy atom. The molecule has 1 radical (unpaired) electrons. The van der Waals surface area contributed by atoms with Crippen molar-refractivity contribution in [2.75, 3.05) is 0 Å². The highest BCUT2D eigenvalue weighted by Crippen LogP contribution is 2.21. The summed E-state index contributed by atoms with van der Waals surface area (Å²) in [7, 11) is 0. The summed E-state index contributed by atoms with van der Waals surface area (Å²) in [4.78, 5) is 0. The minimum Gasteiger partial charge on any atom is -0.445 e. The zero-order valence-electron chi connectivity index (χ0n) is 4.98. The summed E-state index contributed by atoms with van der Waals surface area (Å²) >= 11 is 1.37. The van der Waals surface area contributed by atoms with Crippen LogP contribution in [0.2, 0.25) is 0 Å². The molecule has 0 aromatic carbocycles. The maximum Gasteiger partial charge on any atom is 0.382 e. The van der Waals surface area contributed by atoms with Crippen molar-refractivity contribution in [3.8, 4) is 0 Å². The van der Waals surface area contributed by atoms with Crippen molar-refractivity contribution in [3.05, 3.63) is 36.0 Å². The quantitative estimate of drug-likeness (QED) is 0.614. The Balaban J connectivity index is 2.14. The van der Waals surface area contributed by atoms with E-state index in [1.807, 2.05) is 11.4 Å². The molecule has 1 aromatic heterocycles. The molecule has 51 valence electrons. The van der Waals surface area contributed by atoms with E-state index in [0.717, 1.165) is 5.69 Å². The molecule has 0 N–H and O–H groups in total. The maximum absolute atomic E-state index is 4.96. The highest BCUT2D eigenvalue weighted by molar-refractivity contribution is 7.03. The predicted octanol–water partition coefficient (Wildman–Crippen LogP) is 1.50. The average molecular weight is 154 g/mol. The van der Waals surface area contributed by atoms with Gasteiger partial charge in [-0.15, -0.1) is 0 Å². The van der Waals surface area contributed by atoms with E-state index in [1.54, 1.807) is 0 Å². The van der Waals surface area contributed by atoms with Gasteiger partial charge < -0.3 is 9.47 Å². The van der Waals surface area contributed by atoms with Crippen LogP contribution in [0.15, 0.2) is 24.0 Å². The van der Waals surface area contributed by atoms with E-state index in [0.29, 0.717) is 6.29 Å². The first-order valence-corrected chi connectivity index (χ1v) is 3.56. The molecule has 0 fully saturated rings. The van der Waals surface area contributed by atoms with Gasteiger partial charge in [-0.25, -0.2) is 0 Å². The zero-order chi connectivity index (χ0) is 6.81. The third kappa shape index (κ3) is 0.863. The standard InChI is InChI=1S/C6H4NO2S/c1-4-10-7-5(1)6-8-2-3-9-6/h1-4H. The molecule has 0 atom stereocenters. The van der Waals surface area contributed by atoms with Crippen molar-refractivity contribution in [2.24, 2.45) is 0 Å². The van der Waals surface area contributed by atoms with Gasteiger partial charge >= 0.3 is 6.29 Å². The van der Waals surface area contributed by atoms with E-state index in [1.165, 1.54) is 24.1 Å². The lowest BCUT2D eigenvalue weighted by Gasteiger charge is -2.01. The molecular formula is C6H4NO2S. The highest BCUT2D eigenvalue weighted by Gasteiger charge is 2.20. The van der Waals surface area contributed by atoms with Gasteiger partial charge in [0.15, 0.2) is 0 Å². The van der Waals surface area contributed by atoms with E-state index in [9.17, 15) is 0 Å². The molecular weight excluding hydrogens is 150 g/mol. The van der Waals surface area contributed by atoms with Crippen LogP contribution in [0.4, 0.5) is 0 Å². The number of rotatable bonds is 1. The Labute approximate surface area is 62.1 Å². The number of ether oxygens (including phenoxy) is 2. The van der Waals surface area contributed by atoms with Crippen LogP contribution < -0.4 is 0 Å². The summed E-state index contributed by atoms with van der Waals surface area (Å²) in [6.45, 7) is 0. The van der Waals surface area contributed by atoms with Crippen molar-refractivity contribution in [2.45, 2.75) is 0 Å². The van der Waals surface area contributed by atoms with E-state index >= 15 is 0 Å². The Morgan fingerprint density at radius 3 is 2.70 bits per heavy atom. The largest absolute Gasteiger partial charge is 0.445 e. The highest BCUT2D eigenvalue weighted by atomic mass is 32.1. The predicted molar refractivity (Wildman–Crippen MR) is 35.8 cm³/mol. The fraction of sp³-hybridized carbons (Fsp3) is 0. The fourth-order valence-corrected chi connectivity index (χ4v) is 1.15. The number of aromatic nitrogens is 1. The lowest BCUT2D eigenvalue weighted by atomic mass is 10.4. The molecule has 1 aliphatic rings. The molecule has 3 nitrogen and oxygen atoms in total. The molecule has 0 saturated heterocycles. The minimum absolute atomic E-state index is 0.459. The third-order valence-corrected chi connectivity index (χ3v) is 1.61. The van der Waals surface area contributed by atoms with E-state index < -0.39 is 0 Å². The molecule has 1 aliphatic heterocycles. The Bertz CT molecular complexity index is 224. The first-order chi connectivity index (χ1) is 4.97. The summed E-state index contributed by atoms with van der Waals surface area (Å²) in [6.07, 6.45) is 3.42. The normalized spacial score (nSPS) is 16.8. The molecule has 0 saturated carbocycles. The molecule has 1 aromatic rings. The zero-order valence-corrected chi connectivity index (χ0v) is 5.80. The molecule has 0 unspecified atom stereocenters. The van der Waals surface area contributed by atoms with Gasteiger partial charge in [0.25, 0.3) is 0 Å². The smallest absolute Gasteiger partial charge is 0.382 e. The maximum atomic E-state index is 4.96. The SMILES string of the molecule is C1=CO[C](c2ccsn2)O1. The lowest BCUT2D eigenvalue weighted by molar-refractivity contribution is 0.120. The Hall–Kier alpha value is -1.03. The van der Waals surface area contributed by atoms with Crippen molar-refractivity contribution >= 4 is 11.5 Å². The van der Waals surface area contributed by atoms with E-state index in [2.05, 4.69) is 4.37 Å². The fourth-order valence-electron chi connectivity index (χ4n) is 0.646. The van der Waals surface area contributed by atoms with Crippen LogP contribution in [0.3, 0.4) is 0 Å². The van der Waals surface area contributed by atoms with Gasteiger partial charge in [-0.05, 0) is 17.6 Å². The molecule has 0 amide bonds. The van der Waals surface area contributed by atoms with Crippen LogP contribution in [0, 0.1) is 6.29 Å². The molecule has 0 aliphatic carbocycles. The van der Waals surface area contributed by atoms with E-state index in [-0.39, 0.29) is 0 Å². The van der Waals surface area contributed by atoms with Crippen LogP contribution in [-0.4, -0.2) is 4.37 Å². The van der Waals surface area contributed by atoms with Crippen molar-refractivity contribution in [1.82, 2.24) is 4.37 Å². The molecule has 10 heavy (non-hydrogen) atoms. The van der Waals surface area contributed by atoms with Crippen LogP contribution in [0.25, 0.3) is 0 Å². The third-order valence-electron chi connectivity index (χ3n) is 1.05.